The second-order valence-corrected chi connectivity index (χ2v) is 6.05. The molecule has 1 aliphatic heterocycles. The van der Waals surface area contributed by atoms with E-state index in [4.69, 9.17) is 0 Å². The van der Waals surface area contributed by atoms with E-state index < -0.39 is 0 Å². The van der Waals surface area contributed by atoms with Gasteiger partial charge in [0.25, 0.3) is 0 Å². The minimum absolute atomic E-state index is 1.03. The first-order valence-electron chi connectivity index (χ1n) is 8.24. The van der Waals surface area contributed by atoms with Gasteiger partial charge in [-0.2, -0.15) is 0 Å². The van der Waals surface area contributed by atoms with Gasteiger partial charge in [0.15, 0.2) is 0 Å². The zero-order chi connectivity index (χ0) is 15.5. The topological polar surface area (TPSA) is 16.1 Å². The monoisotopic (exact) mass is 300 g/mol. The molecule has 0 saturated heterocycles. The van der Waals surface area contributed by atoms with Crippen LogP contribution in [0.15, 0.2) is 73.1 Å². The third-order valence-corrected chi connectivity index (χ3v) is 4.52. The van der Waals surface area contributed by atoms with Crippen LogP contribution in [-0.2, 0) is 12.8 Å². The second kappa shape index (κ2) is 6.25. The SMILES string of the molecule is c1cncc(CCCN2c3ccccc3Cc3ccccc32)c1. The number of rotatable bonds is 4. The van der Waals surface area contributed by atoms with E-state index in [1.807, 2.05) is 18.5 Å². The van der Waals surface area contributed by atoms with E-state index in [0.717, 1.165) is 25.8 Å². The molecule has 0 bridgehead atoms. The van der Waals surface area contributed by atoms with Crippen molar-refractivity contribution in [3.05, 3.63) is 89.7 Å². The maximum Gasteiger partial charge on any atom is 0.0446 e. The van der Waals surface area contributed by atoms with Crippen molar-refractivity contribution in [2.75, 3.05) is 11.4 Å². The number of fused-ring (bicyclic) bond motifs is 2. The van der Waals surface area contributed by atoms with Crippen molar-refractivity contribution in [2.45, 2.75) is 19.3 Å². The molecular formula is C21H20N2. The number of benzene rings is 2. The first-order valence-corrected chi connectivity index (χ1v) is 8.24. The Morgan fingerprint density at radius 2 is 1.52 bits per heavy atom. The Bertz CT molecular complexity index is 750. The number of pyridine rings is 1. The first-order chi connectivity index (χ1) is 11.4. The van der Waals surface area contributed by atoms with E-state index in [9.17, 15) is 0 Å². The van der Waals surface area contributed by atoms with Crippen LogP contribution in [0.2, 0.25) is 0 Å². The minimum atomic E-state index is 1.03. The third kappa shape index (κ3) is 2.85. The average Bonchev–Trinajstić information content (AvgIpc) is 2.62. The van der Waals surface area contributed by atoms with Crippen LogP contribution >= 0.6 is 0 Å². The molecule has 3 aromatic rings. The van der Waals surface area contributed by atoms with E-state index in [1.54, 1.807) is 0 Å². The lowest BCUT2D eigenvalue weighted by Crippen LogP contribution is -2.24. The minimum Gasteiger partial charge on any atom is -0.341 e. The van der Waals surface area contributed by atoms with E-state index in [-0.39, 0.29) is 0 Å². The molecule has 0 saturated carbocycles. The standard InChI is InChI=1S/C21H20N2/c1-3-11-20-18(9-1)15-19-10-2-4-12-21(19)23(20)14-6-8-17-7-5-13-22-16-17/h1-5,7,9-13,16H,6,8,14-15H2. The van der Waals surface area contributed by atoms with Gasteiger partial charge in [0.1, 0.15) is 0 Å². The average molecular weight is 300 g/mol. The molecule has 0 amide bonds. The summed E-state index contributed by atoms with van der Waals surface area (Å²) in [5.74, 6) is 0. The molecule has 4 rings (SSSR count). The van der Waals surface area contributed by atoms with Crippen molar-refractivity contribution < 1.29 is 0 Å². The molecule has 23 heavy (non-hydrogen) atoms. The number of anilines is 2. The van der Waals surface area contributed by atoms with Crippen molar-refractivity contribution >= 4 is 11.4 Å². The Balaban J connectivity index is 1.57. The highest BCUT2D eigenvalue weighted by molar-refractivity contribution is 5.74. The number of hydrogen-bond donors (Lipinski definition) is 0. The molecule has 2 heteroatoms. The van der Waals surface area contributed by atoms with Gasteiger partial charge in [-0.15, -0.1) is 0 Å². The molecule has 1 aliphatic rings. The van der Waals surface area contributed by atoms with Crippen LogP contribution in [0.1, 0.15) is 23.1 Å². The molecule has 2 aromatic carbocycles. The highest BCUT2D eigenvalue weighted by atomic mass is 15.1. The summed E-state index contributed by atoms with van der Waals surface area (Å²) >= 11 is 0. The first kappa shape index (κ1) is 14.0. The summed E-state index contributed by atoms with van der Waals surface area (Å²) in [6, 6.07) is 21.7. The quantitative estimate of drug-likeness (QED) is 0.691. The molecule has 2 heterocycles. The molecule has 0 unspecified atom stereocenters. The van der Waals surface area contributed by atoms with Gasteiger partial charge in [0.2, 0.25) is 0 Å². The molecular weight excluding hydrogens is 280 g/mol. The number of hydrogen-bond acceptors (Lipinski definition) is 2. The van der Waals surface area contributed by atoms with Crippen molar-refractivity contribution in [3.63, 3.8) is 0 Å². The van der Waals surface area contributed by atoms with Crippen LogP contribution < -0.4 is 4.90 Å². The maximum atomic E-state index is 4.21. The fraction of sp³-hybridized carbons (Fsp3) is 0.190. The van der Waals surface area contributed by atoms with E-state index in [2.05, 4.69) is 64.5 Å². The maximum absolute atomic E-state index is 4.21. The van der Waals surface area contributed by atoms with Crippen LogP contribution in [-0.4, -0.2) is 11.5 Å². The predicted molar refractivity (Wildman–Crippen MR) is 95.3 cm³/mol. The molecule has 0 aliphatic carbocycles. The van der Waals surface area contributed by atoms with Crippen molar-refractivity contribution in [2.24, 2.45) is 0 Å². The fourth-order valence-corrected chi connectivity index (χ4v) is 3.41. The molecule has 0 fully saturated rings. The molecule has 0 N–H and O–H groups in total. The van der Waals surface area contributed by atoms with Gasteiger partial charge >= 0.3 is 0 Å². The number of aromatic nitrogens is 1. The smallest absolute Gasteiger partial charge is 0.0446 e. The van der Waals surface area contributed by atoms with Gasteiger partial charge < -0.3 is 4.90 Å². The van der Waals surface area contributed by atoms with Crippen LogP contribution in [0, 0.1) is 0 Å². The lowest BCUT2D eigenvalue weighted by atomic mass is 9.95. The van der Waals surface area contributed by atoms with Crippen LogP contribution in [0.3, 0.4) is 0 Å². The molecule has 0 atom stereocenters. The van der Waals surface area contributed by atoms with Gasteiger partial charge in [-0.05, 0) is 47.7 Å². The number of aryl methyl sites for hydroxylation is 1. The van der Waals surface area contributed by atoms with E-state index in [1.165, 1.54) is 28.1 Å². The zero-order valence-corrected chi connectivity index (χ0v) is 13.2. The van der Waals surface area contributed by atoms with Crippen molar-refractivity contribution in [1.29, 1.82) is 0 Å². The summed E-state index contributed by atoms with van der Waals surface area (Å²) in [4.78, 5) is 6.69. The second-order valence-electron chi connectivity index (χ2n) is 6.05. The normalized spacial score (nSPS) is 12.6. The van der Waals surface area contributed by atoms with Gasteiger partial charge in [-0.3, -0.25) is 4.98 Å². The highest BCUT2D eigenvalue weighted by Gasteiger charge is 2.21. The molecule has 0 spiro atoms. The highest BCUT2D eigenvalue weighted by Crippen LogP contribution is 2.38. The Morgan fingerprint density at radius 3 is 2.17 bits per heavy atom. The van der Waals surface area contributed by atoms with Gasteiger partial charge in [-0.1, -0.05) is 42.5 Å². The van der Waals surface area contributed by atoms with E-state index >= 15 is 0 Å². The lowest BCUT2D eigenvalue weighted by molar-refractivity contribution is 0.793. The van der Waals surface area contributed by atoms with Gasteiger partial charge in [0, 0.05) is 36.7 Å². The van der Waals surface area contributed by atoms with Crippen LogP contribution in [0.4, 0.5) is 11.4 Å². The summed E-state index contributed by atoms with van der Waals surface area (Å²) in [7, 11) is 0. The summed E-state index contributed by atoms with van der Waals surface area (Å²) in [6.45, 7) is 1.03. The Kier molecular flexibility index (Phi) is 3.81. The summed E-state index contributed by atoms with van der Waals surface area (Å²) in [5, 5.41) is 0. The Labute approximate surface area is 137 Å². The predicted octanol–water partition coefficient (Wildman–Crippen LogP) is 4.76. The number of para-hydroxylation sites is 2. The Morgan fingerprint density at radius 1 is 0.826 bits per heavy atom. The summed E-state index contributed by atoms with van der Waals surface area (Å²) in [5.41, 5.74) is 6.88. The van der Waals surface area contributed by atoms with E-state index in [0.29, 0.717) is 0 Å². The van der Waals surface area contributed by atoms with Crippen molar-refractivity contribution in [1.82, 2.24) is 4.98 Å². The van der Waals surface area contributed by atoms with Gasteiger partial charge in [-0.25, -0.2) is 0 Å². The summed E-state index contributed by atoms with van der Waals surface area (Å²) < 4.78 is 0. The third-order valence-electron chi connectivity index (χ3n) is 4.52. The lowest BCUT2D eigenvalue weighted by Gasteiger charge is -2.33. The molecule has 2 nitrogen and oxygen atoms in total. The molecule has 114 valence electrons. The van der Waals surface area contributed by atoms with Crippen LogP contribution in [0.5, 0.6) is 0 Å². The zero-order valence-electron chi connectivity index (χ0n) is 13.2. The summed E-state index contributed by atoms with van der Waals surface area (Å²) in [6.07, 6.45) is 7.02. The fourth-order valence-electron chi connectivity index (χ4n) is 3.41. The largest absolute Gasteiger partial charge is 0.341 e. The molecule has 1 aromatic heterocycles. The number of nitrogens with zero attached hydrogens (tertiary/aromatic N) is 2. The molecule has 0 radical (unpaired) electrons. The van der Waals surface area contributed by atoms with Crippen molar-refractivity contribution in [3.8, 4) is 0 Å². The Hall–Kier alpha value is -2.61. The van der Waals surface area contributed by atoms with Crippen LogP contribution in [0.25, 0.3) is 0 Å². The van der Waals surface area contributed by atoms with Gasteiger partial charge in [0.05, 0.1) is 0 Å².